The molecule has 0 aliphatic carbocycles. The van der Waals surface area contributed by atoms with Gasteiger partial charge in [0.2, 0.25) is 5.91 Å². The van der Waals surface area contributed by atoms with Crippen LogP contribution in [0.5, 0.6) is 0 Å². The summed E-state index contributed by atoms with van der Waals surface area (Å²) in [6.07, 6.45) is 4.12. The molecule has 1 aromatic carbocycles. The van der Waals surface area contributed by atoms with Gasteiger partial charge in [-0.2, -0.15) is 0 Å². The molecular weight excluding hydrogens is 301 g/mol. The molecule has 1 saturated heterocycles. The molecule has 1 unspecified atom stereocenters. The third-order valence-electron chi connectivity index (χ3n) is 3.77. The van der Waals surface area contributed by atoms with E-state index in [1.54, 1.807) is 18.3 Å². The number of nitrogens with one attached hydrogen (secondary N) is 2. The van der Waals surface area contributed by atoms with Crippen LogP contribution in [0, 0.1) is 11.7 Å². The molecule has 1 fully saturated rings. The highest BCUT2D eigenvalue weighted by molar-refractivity contribution is 7.15. The van der Waals surface area contributed by atoms with E-state index in [4.69, 9.17) is 0 Å². The van der Waals surface area contributed by atoms with Crippen LogP contribution in [-0.2, 0) is 11.2 Å². The second-order valence-corrected chi connectivity index (χ2v) is 6.55. The summed E-state index contributed by atoms with van der Waals surface area (Å²) in [5, 5.41) is 6.68. The highest BCUT2D eigenvalue weighted by atomic mass is 32.1. The molecule has 0 bridgehead atoms. The Morgan fingerprint density at radius 3 is 3.09 bits per heavy atom. The Balaban J connectivity index is 1.61. The van der Waals surface area contributed by atoms with Crippen molar-refractivity contribution < 1.29 is 9.18 Å². The van der Waals surface area contributed by atoms with E-state index < -0.39 is 0 Å². The maximum Gasteiger partial charge on any atom is 0.230 e. The van der Waals surface area contributed by atoms with Gasteiger partial charge in [-0.05, 0) is 31.0 Å². The van der Waals surface area contributed by atoms with Crippen molar-refractivity contribution in [1.82, 2.24) is 10.3 Å². The molecule has 22 heavy (non-hydrogen) atoms. The van der Waals surface area contributed by atoms with Crippen molar-refractivity contribution in [2.45, 2.75) is 19.3 Å². The molecule has 1 amide bonds. The average Bonchev–Trinajstić information content (AvgIpc) is 2.97. The number of halogens is 1. The Bertz CT molecular complexity index is 652. The summed E-state index contributed by atoms with van der Waals surface area (Å²) in [6, 6.07) is 6.71. The van der Waals surface area contributed by atoms with Gasteiger partial charge in [-0.1, -0.05) is 18.2 Å². The van der Waals surface area contributed by atoms with Gasteiger partial charge in [0.25, 0.3) is 0 Å². The summed E-state index contributed by atoms with van der Waals surface area (Å²) in [7, 11) is 0. The number of carbonyl (C=O) groups is 1. The number of hydrogen-bond donors (Lipinski definition) is 2. The number of rotatable bonds is 4. The normalized spacial score (nSPS) is 18.1. The molecule has 1 aromatic heterocycles. The van der Waals surface area contributed by atoms with Gasteiger partial charge in [-0.15, -0.1) is 11.3 Å². The highest BCUT2D eigenvalue weighted by Crippen LogP contribution is 2.23. The van der Waals surface area contributed by atoms with Crippen LogP contribution in [-0.4, -0.2) is 24.0 Å². The molecule has 3 rings (SSSR count). The number of aromatic nitrogens is 1. The average molecular weight is 319 g/mol. The number of anilines is 1. The summed E-state index contributed by atoms with van der Waals surface area (Å²) >= 11 is 1.40. The van der Waals surface area contributed by atoms with Gasteiger partial charge in [0.05, 0.1) is 5.92 Å². The third-order valence-corrected chi connectivity index (χ3v) is 4.69. The molecule has 116 valence electrons. The fourth-order valence-corrected chi connectivity index (χ4v) is 3.40. The predicted octanol–water partition coefficient (Wildman–Crippen LogP) is 2.81. The summed E-state index contributed by atoms with van der Waals surface area (Å²) in [5.74, 6) is -0.193. The van der Waals surface area contributed by atoms with Crippen molar-refractivity contribution in [1.29, 1.82) is 0 Å². The molecule has 0 radical (unpaired) electrons. The minimum absolute atomic E-state index is 0.00710. The fourth-order valence-electron chi connectivity index (χ4n) is 2.56. The van der Waals surface area contributed by atoms with Crippen LogP contribution in [0.4, 0.5) is 9.52 Å². The van der Waals surface area contributed by atoms with E-state index in [0.717, 1.165) is 30.8 Å². The monoisotopic (exact) mass is 319 g/mol. The lowest BCUT2D eigenvalue weighted by Gasteiger charge is -2.21. The van der Waals surface area contributed by atoms with Crippen LogP contribution in [0.3, 0.4) is 0 Å². The topological polar surface area (TPSA) is 54.0 Å². The summed E-state index contributed by atoms with van der Waals surface area (Å²) in [4.78, 5) is 17.3. The SMILES string of the molecule is O=C(Nc1ncc(Cc2ccccc2F)s1)C1CCCNC1. The van der Waals surface area contributed by atoms with Crippen molar-refractivity contribution in [2.75, 3.05) is 18.4 Å². The van der Waals surface area contributed by atoms with Crippen LogP contribution >= 0.6 is 11.3 Å². The Morgan fingerprint density at radius 2 is 2.32 bits per heavy atom. The molecule has 6 heteroatoms. The van der Waals surface area contributed by atoms with Crippen molar-refractivity contribution in [2.24, 2.45) is 5.92 Å². The molecule has 0 spiro atoms. The third kappa shape index (κ3) is 3.69. The Kier molecular flexibility index (Phi) is 4.80. The lowest BCUT2D eigenvalue weighted by Crippen LogP contribution is -2.37. The first kappa shape index (κ1) is 15.1. The van der Waals surface area contributed by atoms with Gasteiger partial charge in [0.15, 0.2) is 5.13 Å². The van der Waals surface area contributed by atoms with E-state index in [0.29, 0.717) is 17.1 Å². The van der Waals surface area contributed by atoms with Gasteiger partial charge in [-0.3, -0.25) is 4.79 Å². The number of thiazole rings is 1. The van der Waals surface area contributed by atoms with Crippen molar-refractivity contribution in [3.63, 3.8) is 0 Å². The van der Waals surface area contributed by atoms with Gasteiger partial charge in [0, 0.05) is 24.0 Å². The summed E-state index contributed by atoms with van der Waals surface area (Å²) in [5.41, 5.74) is 0.639. The number of benzene rings is 1. The number of hydrogen-bond acceptors (Lipinski definition) is 4. The van der Waals surface area contributed by atoms with Gasteiger partial charge in [-0.25, -0.2) is 9.37 Å². The first-order valence-electron chi connectivity index (χ1n) is 7.42. The lowest BCUT2D eigenvalue weighted by atomic mass is 9.99. The van der Waals surface area contributed by atoms with Crippen LogP contribution in [0.15, 0.2) is 30.5 Å². The van der Waals surface area contributed by atoms with E-state index in [1.807, 2.05) is 6.07 Å². The first-order valence-corrected chi connectivity index (χ1v) is 8.24. The first-order chi connectivity index (χ1) is 10.7. The molecule has 1 aliphatic rings. The Hall–Kier alpha value is -1.79. The van der Waals surface area contributed by atoms with Crippen molar-refractivity contribution in [3.8, 4) is 0 Å². The maximum absolute atomic E-state index is 13.6. The largest absolute Gasteiger partial charge is 0.316 e. The number of amides is 1. The molecule has 2 aromatic rings. The number of carbonyl (C=O) groups excluding carboxylic acids is 1. The zero-order valence-electron chi connectivity index (χ0n) is 12.1. The Labute approximate surface area is 132 Å². The van der Waals surface area contributed by atoms with E-state index in [2.05, 4.69) is 15.6 Å². The minimum atomic E-state index is -0.213. The second-order valence-electron chi connectivity index (χ2n) is 5.43. The van der Waals surface area contributed by atoms with Crippen molar-refractivity contribution >= 4 is 22.4 Å². The summed E-state index contributed by atoms with van der Waals surface area (Å²) < 4.78 is 13.6. The van der Waals surface area contributed by atoms with E-state index in [-0.39, 0.29) is 17.6 Å². The lowest BCUT2D eigenvalue weighted by molar-refractivity contribution is -0.120. The number of piperidine rings is 1. The van der Waals surface area contributed by atoms with E-state index in [1.165, 1.54) is 17.4 Å². The van der Waals surface area contributed by atoms with E-state index in [9.17, 15) is 9.18 Å². The quantitative estimate of drug-likeness (QED) is 0.911. The standard InChI is InChI=1S/C16H18FN3OS/c17-14-6-2-1-4-11(14)8-13-10-19-16(22-13)20-15(21)12-5-3-7-18-9-12/h1-2,4,6,10,12,18H,3,5,7-9H2,(H,19,20,21). The van der Waals surface area contributed by atoms with Crippen LogP contribution < -0.4 is 10.6 Å². The number of nitrogens with zero attached hydrogens (tertiary/aromatic N) is 1. The molecule has 2 N–H and O–H groups in total. The molecule has 1 aliphatic heterocycles. The maximum atomic E-state index is 13.6. The molecule has 1 atom stereocenters. The van der Waals surface area contributed by atoms with Crippen LogP contribution in [0.2, 0.25) is 0 Å². The van der Waals surface area contributed by atoms with Crippen LogP contribution in [0.1, 0.15) is 23.3 Å². The Morgan fingerprint density at radius 1 is 1.45 bits per heavy atom. The van der Waals surface area contributed by atoms with Crippen LogP contribution in [0.25, 0.3) is 0 Å². The van der Waals surface area contributed by atoms with Gasteiger partial charge in [0.1, 0.15) is 5.82 Å². The molecule has 4 nitrogen and oxygen atoms in total. The fraction of sp³-hybridized carbons (Fsp3) is 0.375. The van der Waals surface area contributed by atoms with Crippen molar-refractivity contribution in [3.05, 3.63) is 46.7 Å². The van der Waals surface area contributed by atoms with Gasteiger partial charge < -0.3 is 10.6 Å². The zero-order chi connectivity index (χ0) is 15.4. The predicted molar refractivity (Wildman–Crippen MR) is 85.5 cm³/mol. The zero-order valence-corrected chi connectivity index (χ0v) is 13.0. The second kappa shape index (κ2) is 6.98. The van der Waals surface area contributed by atoms with E-state index >= 15 is 0 Å². The molecule has 2 heterocycles. The smallest absolute Gasteiger partial charge is 0.230 e. The summed E-state index contributed by atoms with van der Waals surface area (Å²) in [6.45, 7) is 1.70. The molecule has 0 saturated carbocycles. The molecular formula is C16H18FN3OS. The highest BCUT2D eigenvalue weighted by Gasteiger charge is 2.21. The minimum Gasteiger partial charge on any atom is -0.316 e. The van der Waals surface area contributed by atoms with Gasteiger partial charge >= 0.3 is 0 Å².